The number of hydrogen-bond donors (Lipinski definition) is 1. The largest absolute Gasteiger partial charge is 0.352 e. The summed E-state index contributed by atoms with van der Waals surface area (Å²) in [6.07, 6.45) is 6.00. The molecule has 1 aromatic heterocycles. The van der Waals surface area contributed by atoms with E-state index in [1.165, 1.54) is 5.56 Å². The summed E-state index contributed by atoms with van der Waals surface area (Å²) in [4.78, 5) is 23.8. The third-order valence-corrected chi connectivity index (χ3v) is 6.28. The lowest BCUT2D eigenvalue weighted by Gasteiger charge is -2.39. The van der Waals surface area contributed by atoms with Crippen molar-refractivity contribution in [2.75, 3.05) is 46.3 Å². The van der Waals surface area contributed by atoms with Gasteiger partial charge in [0.05, 0.1) is 11.7 Å². The first kappa shape index (κ1) is 21.4. The number of benzene rings is 1. The zero-order valence-electron chi connectivity index (χ0n) is 18.6. The Labute approximate surface area is 184 Å². The molecule has 166 valence electrons. The number of aliphatic imine (C=N–C) groups is 1. The number of nitrogens with one attached hydrogen (secondary N) is 1. The number of piperazine rings is 1. The first-order valence-electron chi connectivity index (χ1n) is 11.2. The van der Waals surface area contributed by atoms with Crippen molar-refractivity contribution in [3.8, 4) is 5.69 Å². The second kappa shape index (κ2) is 9.96. The number of hydrogen-bond acceptors (Lipinski definition) is 4. The smallest absolute Gasteiger partial charge is 0.239 e. The molecule has 8 nitrogen and oxygen atoms in total. The lowest BCUT2D eigenvalue weighted by Crippen LogP contribution is -2.57. The Morgan fingerprint density at radius 3 is 2.55 bits per heavy atom. The Bertz CT molecular complexity index is 881. The Balaban J connectivity index is 1.29. The summed E-state index contributed by atoms with van der Waals surface area (Å²) in [5.41, 5.74) is 2.22. The number of likely N-dealkylation sites (tertiary alicyclic amines) is 1. The molecule has 2 aromatic rings. The molecule has 2 aliphatic heterocycles. The average Bonchev–Trinajstić information content (AvgIpc) is 3.54. The number of carbonyl (C=O) groups is 1. The molecule has 1 N–H and O–H groups in total. The summed E-state index contributed by atoms with van der Waals surface area (Å²) in [5.74, 6) is 1.19. The van der Waals surface area contributed by atoms with Gasteiger partial charge >= 0.3 is 0 Å². The van der Waals surface area contributed by atoms with Gasteiger partial charge in [0.1, 0.15) is 0 Å². The Kier molecular flexibility index (Phi) is 6.86. The molecule has 0 spiro atoms. The standard InChI is InChI=1S/C23H33N7O/c1-19(22(31)28-10-3-4-11-28)27-13-15-29(16-14-27)23(24-2)25-18-20-7-5-8-21(17-20)30-12-6-9-26-30/h5-9,12,17,19H,3-4,10-11,13-16,18H2,1-2H3,(H,24,25). The molecule has 0 saturated carbocycles. The number of amides is 1. The van der Waals surface area contributed by atoms with E-state index in [-0.39, 0.29) is 11.9 Å². The molecule has 2 fully saturated rings. The van der Waals surface area contributed by atoms with Crippen LogP contribution in [0.1, 0.15) is 25.3 Å². The van der Waals surface area contributed by atoms with Gasteiger partial charge in [-0.05, 0) is 43.5 Å². The summed E-state index contributed by atoms with van der Waals surface area (Å²) in [6, 6.07) is 10.2. The topological polar surface area (TPSA) is 69.0 Å². The van der Waals surface area contributed by atoms with E-state index in [1.807, 2.05) is 35.0 Å². The average molecular weight is 424 g/mol. The van der Waals surface area contributed by atoms with Crippen LogP contribution in [0, 0.1) is 0 Å². The molecular weight excluding hydrogens is 390 g/mol. The maximum atomic E-state index is 12.7. The van der Waals surface area contributed by atoms with Crippen LogP contribution in [0.5, 0.6) is 0 Å². The second-order valence-corrected chi connectivity index (χ2v) is 8.25. The van der Waals surface area contributed by atoms with Crippen LogP contribution in [-0.2, 0) is 11.3 Å². The van der Waals surface area contributed by atoms with Gasteiger partial charge in [-0.3, -0.25) is 14.7 Å². The van der Waals surface area contributed by atoms with Crippen LogP contribution in [0.3, 0.4) is 0 Å². The van der Waals surface area contributed by atoms with Gasteiger partial charge in [0, 0.05) is 65.3 Å². The molecule has 1 unspecified atom stereocenters. The predicted molar refractivity (Wildman–Crippen MR) is 122 cm³/mol. The highest BCUT2D eigenvalue weighted by Crippen LogP contribution is 2.14. The molecule has 8 heteroatoms. The summed E-state index contributed by atoms with van der Waals surface area (Å²) >= 11 is 0. The molecular formula is C23H33N7O. The molecule has 1 atom stereocenters. The van der Waals surface area contributed by atoms with Crippen molar-refractivity contribution in [2.45, 2.75) is 32.4 Å². The molecule has 0 bridgehead atoms. The van der Waals surface area contributed by atoms with Gasteiger partial charge in [0.15, 0.2) is 5.96 Å². The lowest BCUT2D eigenvalue weighted by molar-refractivity contribution is -0.135. The minimum Gasteiger partial charge on any atom is -0.352 e. The van der Waals surface area contributed by atoms with E-state index in [0.29, 0.717) is 6.54 Å². The van der Waals surface area contributed by atoms with E-state index in [2.05, 4.69) is 50.3 Å². The van der Waals surface area contributed by atoms with E-state index in [0.717, 1.165) is 63.8 Å². The van der Waals surface area contributed by atoms with Crippen LogP contribution in [-0.4, -0.2) is 88.7 Å². The number of aromatic nitrogens is 2. The molecule has 0 aliphatic carbocycles. The van der Waals surface area contributed by atoms with Crippen molar-refractivity contribution >= 4 is 11.9 Å². The number of rotatable bonds is 5. The SMILES string of the molecule is CN=C(NCc1cccc(-n2cccn2)c1)N1CCN(C(C)C(=O)N2CCCC2)CC1. The third kappa shape index (κ3) is 5.07. The van der Waals surface area contributed by atoms with E-state index in [1.54, 1.807) is 6.20 Å². The summed E-state index contributed by atoms with van der Waals surface area (Å²) in [5, 5.41) is 7.80. The Morgan fingerprint density at radius 2 is 1.87 bits per heavy atom. The van der Waals surface area contributed by atoms with Gasteiger partial charge in [-0.15, -0.1) is 0 Å². The highest BCUT2D eigenvalue weighted by Gasteiger charge is 2.30. The van der Waals surface area contributed by atoms with Crippen LogP contribution in [0.25, 0.3) is 5.69 Å². The van der Waals surface area contributed by atoms with E-state index >= 15 is 0 Å². The molecule has 0 radical (unpaired) electrons. The molecule has 31 heavy (non-hydrogen) atoms. The summed E-state index contributed by atoms with van der Waals surface area (Å²) in [6.45, 7) is 8.06. The maximum Gasteiger partial charge on any atom is 0.239 e. The third-order valence-electron chi connectivity index (χ3n) is 6.28. The minimum absolute atomic E-state index is 0.0414. The van der Waals surface area contributed by atoms with Gasteiger partial charge < -0.3 is 15.1 Å². The van der Waals surface area contributed by atoms with Crippen molar-refractivity contribution in [2.24, 2.45) is 4.99 Å². The normalized spacial score (nSPS) is 19.0. The van der Waals surface area contributed by atoms with Crippen molar-refractivity contribution in [3.05, 3.63) is 48.3 Å². The maximum absolute atomic E-state index is 12.7. The summed E-state index contributed by atoms with van der Waals surface area (Å²) < 4.78 is 1.86. The van der Waals surface area contributed by atoms with E-state index in [9.17, 15) is 4.79 Å². The van der Waals surface area contributed by atoms with Crippen molar-refractivity contribution in [1.82, 2.24) is 29.8 Å². The summed E-state index contributed by atoms with van der Waals surface area (Å²) in [7, 11) is 1.83. The van der Waals surface area contributed by atoms with Crippen LogP contribution >= 0.6 is 0 Å². The molecule has 2 saturated heterocycles. The minimum atomic E-state index is -0.0414. The van der Waals surface area contributed by atoms with Gasteiger partial charge in [0.25, 0.3) is 0 Å². The molecule has 1 amide bonds. The van der Waals surface area contributed by atoms with Crippen LogP contribution in [0.4, 0.5) is 0 Å². The fraction of sp³-hybridized carbons (Fsp3) is 0.522. The molecule has 3 heterocycles. The number of nitrogens with zero attached hydrogens (tertiary/aromatic N) is 6. The lowest BCUT2D eigenvalue weighted by atomic mass is 10.2. The Morgan fingerprint density at radius 1 is 1.10 bits per heavy atom. The fourth-order valence-electron chi connectivity index (χ4n) is 4.42. The molecule has 1 aromatic carbocycles. The van der Waals surface area contributed by atoms with Crippen molar-refractivity contribution in [1.29, 1.82) is 0 Å². The quantitative estimate of drug-likeness (QED) is 0.584. The number of carbonyl (C=O) groups excluding carboxylic acids is 1. The number of guanidine groups is 1. The zero-order valence-corrected chi connectivity index (χ0v) is 18.6. The van der Waals surface area contributed by atoms with E-state index in [4.69, 9.17) is 0 Å². The van der Waals surface area contributed by atoms with Gasteiger partial charge in [0.2, 0.25) is 5.91 Å². The van der Waals surface area contributed by atoms with Crippen molar-refractivity contribution in [3.63, 3.8) is 0 Å². The zero-order chi connectivity index (χ0) is 21.6. The Hall–Kier alpha value is -2.87. The fourth-order valence-corrected chi connectivity index (χ4v) is 4.42. The highest BCUT2D eigenvalue weighted by molar-refractivity contribution is 5.82. The van der Waals surface area contributed by atoms with Crippen molar-refractivity contribution < 1.29 is 4.79 Å². The molecule has 2 aliphatic rings. The first-order valence-corrected chi connectivity index (χ1v) is 11.2. The highest BCUT2D eigenvalue weighted by atomic mass is 16.2. The van der Waals surface area contributed by atoms with Crippen LogP contribution in [0.2, 0.25) is 0 Å². The second-order valence-electron chi connectivity index (χ2n) is 8.25. The van der Waals surface area contributed by atoms with E-state index < -0.39 is 0 Å². The van der Waals surface area contributed by atoms with Crippen LogP contribution < -0.4 is 5.32 Å². The monoisotopic (exact) mass is 423 g/mol. The van der Waals surface area contributed by atoms with Gasteiger partial charge in [-0.25, -0.2) is 4.68 Å². The predicted octanol–water partition coefficient (Wildman–Crippen LogP) is 1.58. The molecule has 4 rings (SSSR count). The van der Waals surface area contributed by atoms with Gasteiger partial charge in [-0.1, -0.05) is 12.1 Å². The van der Waals surface area contributed by atoms with Crippen LogP contribution in [0.15, 0.2) is 47.7 Å². The first-order chi connectivity index (χ1) is 15.2. The van der Waals surface area contributed by atoms with Gasteiger partial charge in [-0.2, -0.15) is 5.10 Å².